The number of fused-ring (bicyclic) bond motifs is 1. The fourth-order valence-electron chi connectivity index (χ4n) is 5.57. The number of hydrogen-bond donors (Lipinski definition) is 0. The topological polar surface area (TPSA) is 41.4 Å². The predicted molar refractivity (Wildman–Crippen MR) is 109 cm³/mol. The molecular weight excluding hydrogens is 348 g/mol. The van der Waals surface area contributed by atoms with Crippen LogP contribution in [0.3, 0.4) is 0 Å². The maximum atomic E-state index is 13.0. The fourth-order valence-corrected chi connectivity index (χ4v) is 5.57. The van der Waals surface area contributed by atoms with Gasteiger partial charge in [-0.2, -0.15) is 0 Å². The minimum atomic E-state index is 0.141. The molecule has 1 aliphatic heterocycles. The van der Waals surface area contributed by atoms with E-state index in [1.54, 1.807) is 0 Å². The first kappa shape index (κ1) is 17.9. The molecule has 5 rings (SSSR count). The third-order valence-corrected chi connectivity index (χ3v) is 7.15. The monoisotopic (exact) mass is 378 g/mol. The summed E-state index contributed by atoms with van der Waals surface area (Å²) in [5.74, 6) is 3.24. The van der Waals surface area contributed by atoms with Crippen molar-refractivity contribution in [2.45, 2.75) is 31.7 Å². The fraction of sp³-hybridized carbons (Fsp3) is 0.565. The number of piperazine rings is 1. The quantitative estimate of drug-likeness (QED) is 0.821. The van der Waals surface area contributed by atoms with Crippen molar-refractivity contribution in [3.63, 3.8) is 0 Å². The zero-order chi connectivity index (χ0) is 19.1. The van der Waals surface area contributed by atoms with Crippen LogP contribution in [0.25, 0.3) is 0 Å². The van der Waals surface area contributed by atoms with E-state index in [0.717, 1.165) is 32.0 Å². The van der Waals surface area contributed by atoms with E-state index in [0.29, 0.717) is 23.7 Å². The molecule has 0 spiro atoms. The molecule has 2 saturated carbocycles. The molecule has 3 atom stereocenters. The van der Waals surface area contributed by atoms with Crippen molar-refractivity contribution in [3.05, 3.63) is 54.1 Å². The van der Waals surface area contributed by atoms with Crippen molar-refractivity contribution in [1.29, 1.82) is 0 Å². The molecule has 1 saturated heterocycles. The van der Waals surface area contributed by atoms with Gasteiger partial charge in [0.05, 0.1) is 6.04 Å². The number of rotatable bonds is 4. The highest BCUT2D eigenvalue weighted by Crippen LogP contribution is 2.56. The molecule has 2 aliphatic carbocycles. The van der Waals surface area contributed by atoms with E-state index in [9.17, 15) is 4.79 Å². The molecule has 5 nitrogen and oxygen atoms in total. The van der Waals surface area contributed by atoms with Crippen LogP contribution < -0.4 is 0 Å². The van der Waals surface area contributed by atoms with Gasteiger partial charge in [0.1, 0.15) is 5.82 Å². The molecule has 2 aromatic rings. The number of amides is 1. The van der Waals surface area contributed by atoms with Crippen molar-refractivity contribution in [2.75, 3.05) is 26.2 Å². The number of carbonyl (C=O) groups excluding carboxylic acids is 1. The number of carbonyl (C=O) groups is 1. The molecule has 0 N–H and O–H groups in total. The first-order chi connectivity index (χ1) is 13.7. The van der Waals surface area contributed by atoms with Crippen LogP contribution in [-0.4, -0.2) is 51.4 Å². The Hall–Kier alpha value is -2.14. The molecule has 3 aliphatic rings. The van der Waals surface area contributed by atoms with Gasteiger partial charge in [-0.1, -0.05) is 43.2 Å². The third kappa shape index (κ3) is 3.16. The Labute approximate surface area is 167 Å². The van der Waals surface area contributed by atoms with Gasteiger partial charge in [-0.3, -0.25) is 9.69 Å². The van der Waals surface area contributed by atoms with Gasteiger partial charge >= 0.3 is 0 Å². The molecule has 0 unspecified atom stereocenters. The lowest BCUT2D eigenvalue weighted by atomic mass is 10.0. The van der Waals surface area contributed by atoms with Gasteiger partial charge in [0.15, 0.2) is 0 Å². The van der Waals surface area contributed by atoms with E-state index >= 15 is 0 Å². The molecule has 0 radical (unpaired) electrons. The molecule has 0 bridgehead atoms. The van der Waals surface area contributed by atoms with E-state index in [1.165, 1.54) is 31.2 Å². The summed E-state index contributed by atoms with van der Waals surface area (Å²) in [6.07, 6.45) is 9.08. The van der Waals surface area contributed by atoms with Crippen molar-refractivity contribution in [1.82, 2.24) is 19.4 Å². The van der Waals surface area contributed by atoms with Crippen LogP contribution in [0.4, 0.5) is 0 Å². The zero-order valence-corrected chi connectivity index (χ0v) is 16.7. The van der Waals surface area contributed by atoms with Gasteiger partial charge in [-0.15, -0.1) is 0 Å². The third-order valence-electron chi connectivity index (χ3n) is 7.15. The summed E-state index contributed by atoms with van der Waals surface area (Å²) in [4.78, 5) is 22.3. The molecule has 1 amide bonds. The summed E-state index contributed by atoms with van der Waals surface area (Å²) in [5.41, 5.74) is 1.27. The summed E-state index contributed by atoms with van der Waals surface area (Å²) >= 11 is 0. The molecule has 1 aromatic carbocycles. The largest absolute Gasteiger partial charge is 0.340 e. The Kier molecular flexibility index (Phi) is 4.71. The van der Waals surface area contributed by atoms with E-state index < -0.39 is 0 Å². The SMILES string of the molecule is Cn1ccnc1[C@H](c1ccccc1)N1CCN(C(=O)C2[C@H]3CCCC[C@H]23)CC1. The summed E-state index contributed by atoms with van der Waals surface area (Å²) in [6.45, 7) is 3.48. The van der Waals surface area contributed by atoms with Crippen molar-refractivity contribution >= 4 is 5.91 Å². The Balaban J connectivity index is 1.29. The Morgan fingerprint density at radius 2 is 1.71 bits per heavy atom. The summed E-state index contributed by atoms with van der Waals surface area (Å²) < 4.78 is 2.12. The first-order valence-corrected chi connectivity index (χ1v) is 10.8. The van der Waals surface area contributed by atoms with Crippen LogP contribution in [0, 0.1) is 17.8 Å². The van der Waals surface area contributed by atoms with Gasteiger partial charge < -0.3 is 9.47 Å². The highest BCUT2D eigenvalue weighted by molar-refractivity contribution is 5.82. The average Bonchev–Trinajstić information content (AvgIpc) is 3.34. The summed E-state index contributed by atoms with van der Waals surface area (Å²) in [6, 6.07) is 10.8. The number of aromatic nitrogens is 2. The van der Waals surface area contributed by atoms with E-state index in [2.05, 4.69) is 56.7 Å². The predicted octanol–water partition coefficient (Wildman–Crippen LogP) is 3.09. The second kappa shape index (κ2) is 7.36. The summed E-state index contributed by atoms with van der Waals surface area (Å²) in [5, 5.41) is 0. The second-order valence-electron chi connectivity index (χ2n) is 8.71. The standard InChI is InChI=1S/C23H30N4O/c1-25-12-11-24-22(25)21(17-7-3-2-4-8-17)26-13-15-27(16-14-26)23(28)20-18-9-5-6-10-19(18)20/h2-4,7-8,11-12,18-21H,5-6,9-10,13-16H2,1H3/t18-,19-,21-/m0/s1. The molecule has 5 heteroatoms. The van der Waals surface area contributed by atoms with Gasteiger partial charge in [0, 0.05) is 51.5 Å². The maximum Gasteiger partial charge on any atom is 0.226 e. The Bertz CT molecular complexity index is 812. The van der Waals surface area contributed by atoms with Gasteiger partial charge in [0.2, 0.25) is 5.91 Å². The number of benzene rings is 1. The lowest BCUT2D eigenvalue weighted by molar-refractivity contribution is -0.135. The number of nitrogens with zero attached hydrogens (tertiary/aromatic N) is 4. The number of hydrogen-bond acceptors (Lipinski definition) is 3. The number of imidazole rings is 1. The zero-order valence-electron chi connectivity index (χ0n) is 16.7. The molecule has 28 heavy (non-hydrogen) atoms. The second-order valence-corrected chi connectivity index (χ2v) is 8.71. The smallest absolute Gasteiger partial charge is 0.226 e. The Morgan fingerprint density at radius 3 is 2.32 bits per heavy atom. The van der Waals surface area contributed by atoms with Crippen molar-refractivity contribution in [2.24, 2.45) is 24.8 Å². The highest BCUT2D eigenvalue weighted by atomic mass is 16.2. The van der Waals surface area contributed by atoms with E-state index in [-0.39, 0.29) is 6.04 Å². The lowest BCUT2D eigenvalue weighted by Crippen LogP contribution is -2.50. The van der Waals surface area contributed by atoms with Crippen LogP contribution in [-0.2, 0) is 11.8 Å². The van der Waals surface area contributed by atoms with Gasteiger partial charge in [-0.25, -0.2) is 4.98 Å². The van der Waals surface area contributed by atoms with Crippen molar-refractivity contribution < 1.29 is 4.79 Å². The van der Waals surface area contributed by atoms with Crippen LogP contribution in [0.5, 0.6) is 0 Å². The first-order valence-electron chi connectivity index (χ1n) is 10.8. The molecular formula is C23H30N4O. The van der Waals surface area contributed by atoms with Crippen molar-refractivity contribution in [3.8, 4) is 0 Å². The summed E-state index contributed by atoms with van der Waals surface area (Å²) in [7, 11) is 2.06. The molecule has 2 heterocycles. The average molecular weight is 379 g/mol. The minimum absolute atomic E-state index is 0.141. The molecule has 1 aromatic heterocycles. The van der Waals surface area contributed by atoms with Crippen LogP contribution in [0.2, 0.25) is 0 Å². The highest BCUT2D eigenvalue weighted by Gasteiger charge is 2.55. The van der Waals surface area contributed by atoms with Crippen LogP contribution >= 0.6 is 0 Å². The molecule has 148 valence electrons. The van der Waals surface area contributed by atoms with Gasteiger partial charge in [0.25, 0.3) is 0 Å². The van der Waals surface area contributed by atoms with Crippen LogP contribution in [0.15, 0.2) is 42.7 Å². The van der Waals surface area contributed by atoms with Crippen LogP contribution in [0.1, 0.15) is 43.1 Å². The number of aryl methyl sites for hydroxylation is 1. The Morgan fingerprint density at radius 1 is 1.04 bits per heavy atom. The normalized spacial score (nSPS) is 28.6. The van der Waals surface area contributed by atoms with E-state index in [1.807, 2.05) is 12.4 Å². The maximum absolute atomic E-state index is 13.0. The minimum Gasteiger partial charge on any atom is -0.340 e. The van der Waals surface area contributed by atoms with Gasteiger partial charge in [-0.05, 0) is 30.2 Å². The molecule has 3 fully saturated rings. The lowest BCUT2D eigenvalue weighted by Gasteiger charge is -2.39. The van der Waals surface area contributed by atoms with E-state index in [4.69, 9.17) is 0 Å².